The van der Waals surface area contributed by atoms with Gasteiger partial charge >= 0.3 is 0 Å². The Morgan fingerprint density at radius 1 is 0.440 bits per heavy atom. The van der Waals surface area contributed by atoms with Crippen LogP contribution in [-0.2, 0) is 0 Å². The fraction of sp³-hybridized carbons (Fsp3) is 0. The predicted molar refractivity (Wildman–Crippen MR) is 117 cm³/mol. The van der Waals surface area contributed by atoms with Crippen LogP contribution in [0.1, 0.15) is 0 Å². The van der Waals surface area contributed by atoms with E-state index in [0.717, 1.165) is 0 Å². The molecular formula is C24H15I. The number of benzene rings is 5. The Hall–Kier alpha value is -2.39. The van der Waals surface area contributed by atoms with Crippen molar-refractivity contribution in [1.29, 1.82) is 0 Å². The summed E-state index contributed by atoms with van der Waals surface area (Å²) in [6.45, 7) is 0. The van der Waals surface area contributed by atoms with Gasteiger partial charge < -0.3 is 0 Å². The highest BCUT2D eigenvalue weighted by molar-refractivity contribution is 14.1. The molecule has 0 N–H and O–H groups in total. The van der Waals surface area contributed by atoms with Gasteiger partial charge in [-0.25, -0.2) is 0 Å². The largest absolute Gasteiger partial charge is 0.0616 e. The monoisotopic (exact) mass is 430 g/mol. The Bertz CT molecular complexity index is 1250. The molecule has 5 aromatic carbocycles. The van der Waals surface area contributed by atoms with E-state index < -0.39 is 0 Å². The Kier molecular flexibility index (Phi) is 3.49. The van der Waals surface area contributed by atoms with Gasteiger partial charge in [-0.05, 0) is 90.3 Å². The lowest BCUT2D eigenvalue weighted by atomic mass is 9.96. The molecule has 0 atom stereocenters. The smallest absolute Gasteiger partial charge is 0.0136 e. The molecule has 0 aliphatic rings. The average Bonchev–Trinajstić information content (AvgIpc) is 2.66. The average molecular weight is 430 g/mol. The van der Waals surface area contributed by atoms with Gasteiger partial charge in [-0.15, -0.1) is 0 Å². The van der Waals surface area contributed by atoms with Gasteiger partial charge in [0.05, 0.1) is 0 Å². The van der Waals surface area contributed by atoms with Crippen LogP contribution in [0.25, 0.3) is 43.4 Å². The minimum Gasteiger partial charge on any atom is -0.0616 e. The van der Waals surface area contributed by atoms with Crippen LogP contribution < -0.4 is 0 Å². The van der Waals surface area contributed by atoms with Crippen LogP contribution in [0.3, 0.4) is 0 Å². The topological polar surface area (TPSA) is 0 Å². The molecule has 0 unspecified atom stereocenters. The summed E-state index contributed by atoms with van der Waals surface area (Å²) < 4.78 is 1.28. The summed E-state index contributed by atoms with van der Waals surface area (Å²) in [6, 6.07) is 33.1. The fourth-order valence-corrected chi connectivity index (χ4v) is 4.11. The summed E-state index contributed by atoms with van der Waals surface area (Å²) >= 11 is 2.37. The summed E-state index contributed by atoms with van der Waals surface area (Å²) in [5.41, 5.74) is 2.53. The molecule has 25 heavy (non-hydrogen) atoms. The number of hydrogen-bond acceptors (Lipinski definition) is 0. The molecule has 1 heteroatoms. The Labute approximate surface area is 160 Å². The number of rotatable bonds is 1. The molecule has 5 rings (SSSR count). The van der Waals surface area contributed by atoms with Gasteiger partial charge in [0.25, 0.3) is 0 Å². The minimum absolute atomic E-state index is 1.27. The van der Waals surface area contributed by atoms with Gasteiger partial charge in [0.1, 0.15) is 0 Å². The molecule has 0 aromatic heterocycles. The normalized spacial score (nSPS) is 11.4. The number of halogens is 1. The van der Waals surface area contributed by atoms with Crippen molar-refractivity contribution >= 4 is 54.9 Å². The molecule has 0 heterocycles. The summed E-state index contributed by atoms with van der Waals surface area (Å²) in [7, 11) is 0. The Morgan fingerprint density at radius 3 is 1.80 bits per heavy atom. The van der Waals surface area contributed by atoms with Gasteiger partial charge in [0, 0.05) is 3.57 Å². The maximum Gasteiger partial charge on any atom is 0.0136 e. The molecule has 0 saturated heterocycles. The zero-order valence-electron chi connectivity index (χ0n) is 13.5. The van der Waals surface area contributed by atoms with E-state index in [2.05, 4.69) is 114 Å². The van der Waals surface area contributed by atoms with Gasteiger partial charge in [0.15, 0.2) is 0 Å². The lowest BCUT2D eigenvalue weighted by molar-refractivity contribution is 1.67. The van der Waals surface area contributed by atoms with Gasteiger partial charge in [-0.1, -0.05) is 66.7 Å². The second kappa shape index (κ2) is 5.85. The molecule has 0 radical (unpaired) electrons. The lowest BCUT2D eigenvalue weighted by Gasteiger charge is -2.08. The molecule has 0 saturated carbocycles. The zero-order chi connectivity index (χ0) is 16.8. The summed E-state index contributed by atoms with van der Waals surface area (Å²) in [5.74, 6) is 0. The van der Waals surface area contributed by atoms with Gasteiger partial charge in [-0.2, -0.15) is 0 Å². The van der Waals surface area contributed by atoms with E-state index in [1.807, 2.05) is 0 Å². The van der Waals surface area contributed by atoms with Crippen molar-refractivity contribution in [2.24, 2.45) is 0 Å². The molecule has 0 nitrogen and oxygen atoms in total. The predicted octanol–water partition coefficient (Wildman–Crippen LogP) is 7.42. The minimum atomic E-state index is 1.27. The first-order valence-corrected chi connectivity index (χ1v) is 9.47. The third-order valence-corrected chi connectivity index (χ3v) is 5.55. The van der Waals surface area contributed by atoms with Gasteiger partial charge in [-0.3, -0.25) is 0 Å². The second-order valence-electron chi connectivity index (χ2n) is 6.43. The first-order valence-electron chi connectivity index (χ1n) is 8.39. The van der Waals surface area contributed by atoms with Crippen molar-refractivity contribution in [1.82, 2.24) is 0 Å². The number of fused-ring (bicyclic) bond motifs is 4. The van der Waals surface area contributed by atoms with E-state index in [1.54, 1.807) is 0 Å². The van der Waals surface area contributed by atoms with E-state index in [1.165, 1.54) is 47.0 Å². The van der Waals surface area contributed by atoms with E-state index in [4.69, 9.17) is 0 Å². The molecule has 0 fully saturated rings. The highest BCUT2D eigenvalue weighted by atomic mass is 127. The van der Waals surface area contributed by atoms with Crippen molar-refractivity contribution in [3.05, 3.63) is 94.6 Å². The van der Waals surface area contributed by atoms with Crippen LogP contribution >= 0.6 is 22.6 Å². The molecule has 0 bridgehead atoms. The van der Waals surface area contributed by atoms with Gasteiger partial charge in [0.2, 0.25) is 0 Å². The lowest BCUT2D eigenvalue weighted by Crippen LogP contribution is -1.82. The van der Waals surface area contributed by atoms with E-state index in [0.29, 0.717) is 0 Å². The fourth-order valence-electron chi connectivity index (χ4n) is 3.59. The molecule has 118 valence electrons. The maximum atomic E-state index is 2.37. The van der Waals surface area contributed by atoms with Crippen molar-refractivity contribution in [3.63, 3.8) is 0 Å². The van der Waals surface area contributed by atoms with Crippen molar-refractivity contribution in [3.8, 4) is 11.1 Å². The van der Waals surface area contributed by atoms with Crippen LogP contribution in [0.4, 0.5) is 0 Å². The third-order valence-electron chi connectivity index (χ3n) is 4.88. The van der Waals surface area contributed by atoms with E-state index >= 15 is 0 Å². The second-order valence-corrected chi connectivity index (χ2v) is 7.67. The van der Waals surface area contributed by atoms with Crippen LogP contribution in [0.2, 0.25) is 0 Å². The highest BCUT2D eigenvalue weighted by Crippen LogP contribution is 2.31. The van der Waals surface area contributed by atoms with Crippen molar-refractivity contribution in [2.75, 3.05) is 0 Å². The molecule has 0 spiro atoms. The first kappa shape index (κ1) is 14.9. The molecule has 5 aromatic rings. The summed E-state index contributed by atoms with van der Waals surface area (Å²) in [4.78, 5) is 0. The van der Waals surface area contributed by atoms with Crippen LogP contribution in [0.15, 0.2) is 91.0 Å². The molecule has 0 amide bonds. The third kappa shape index (κ3) is 2.59. The molecule has 0 aliphatic heterocycles. The van der Waals surface area contributed by atoms with Crippen LogP contribution in [-0.4, -0.2) is 0 Å². The van der Waals surface area contributed by atoms with Crippen LogP contribution in [0, 0.1) is 3.57 Å². The molecular weight excluding hydrogens is 415 g/mol. The molecule has 0 aliphatic carbocycles. The zero-order valence-corrected chi connectivity index (χ0v) is 15.7. The first-order chi connectivity index (χ1) is 12.3. The highest BCUT2D eigenvalue weighted by Gasteiger charge is 2.05. The quantitative estimate of drug-likeness (QED) is 0.192. The standard InChI is InChI=1S/C24H15I/c25-22-10-12-24-21(15-22)8-7-20-14-19(9-11-23(20)24)18-6-5-16-3-1-2-4-17(16)13-18/h1-15H. The maximum absolute atomic E-state index is 2.37. The van der Waals surface area contributed by atoms with E-state index in [9.17, 15) is 0 Å². The Balaban J connectivity index is 1.71. The Morgan fingerprint density at radius 2 is 1.00 bits per heavy atom. The van der Waals surface area contributed by atoms with Crippen molar-refractivity contribution in [2.45, 2.75) is 0 Å². The van der Waals surface area contributed by atoms with Crippen LogP contribution in [0.5, 0.6) is 0 Å². The SMILES string of the molecule is Ic1ccc2c(ccc3cc(-c4ccc5ccccc5c4)ccc32)c1. The van der Waals surface area contributed by atoms with Crippen molar-refractivity contribution < 1.29 is 0 Å². The summed E-state index contributed by atoms with van der Waals surface area (Å²) in [5, 5.41) is 7.81. The summed E-state index contributed by atoms with van der Waals surface area (Å²) in [6.07, 6.45) is 0. The van der Waals surface area contributed by atoms with E-state index in [-0.39, 0.29) is 0 Å². The number of hydrogen-bond donors (Lipinski definition) is 0.